The molecule has 1 rings (SSSR count). The minimum atomic E-state index is -0.155. The van der Waals surface area contributed by atoms with E-state index in [9.17, 15) is 0 Å². The second-order valence-corrected chi connectivity index (χ2v) is 4.34. The van der Waals surface area contributed by atoms with E-state index in [4.69, 9.17) is 4.84 Å². The minimum Gasteiger partial charge on any atom is -0.296 e. The topological polar surface area (TPSA) is 34.1 Å². The number of pyridine rings is 1. The van der Waals surface area contributed by atoms with E-state index in [1.54, 1.807) is 0 Å². The largest absolute Gasteiger partial charge is 0.296 e. The van der Waals surface area contributed by atoms with Crippen molar-refractivity contribution >= 4 is 0 Å². The third-order valence-electron chi connectivity index (χ3n) is 1.63. The normalized spacial score (nSPS) is 11.7. The Hall–Kier alpha value is -0.930. The summed E-state index contributed by atoms with van der Waals surface area (Å²) in [5.74, 6) is 0. The molecule has 78 valence electrons. The van der Waals surface area contributed by atoms with Gasteiger partial charge < -0.3 is 0 Å². The Morgan fingerprint density at radius 1 is 1.36 bits per heavy atom. The van der Waals surface area contributed by atoms with Gasteiger partial charge in [0.15, 0.2) is 0 Å². The molecule has 1 aromatic heterocycles. The highest BCUT2D eigenvalue weighted by Gasteiger charge is 2.09. The van der Waals surface area contributed by atoms with Gasteiger partial charge >= 0.3 is 0 Å². The number of hydrogen-bond donors (Lipinski definition) is 1. The number of nitrogens with zero attached hydrogens (tertiary/aromatic N) is 1. The van der Waals surface area contributed by atoms with Gasteiger partial charge in [0.1, 0.15) is 0 Å². The highest BCUT2D eigenvalue weighted by atomic mass is 16.7. The Morgan fingerprint density at radius 3 is 2.57 bits per heavy atom. The zero-order chi connectivity index (χ0) is 10.6. The van der Waals surface area contributed by atoms with E-state index < -0.39 is 0 Å². The lowest BCUT2D eigenvalue weighted by Gasteiger charge is -2.19. The molecule has 1 heterocycles. The molecule has 0 aliphatic carbocycles. The average Bonchev–Trinajstić information content (AvgIpc) is 2.06. The van der Waals surface area contributed by atoms with Crippen LogP contribution in [-0.2, 0) is 11.4 Å². The van der Waals surface area contributed by atoms with Crippen molar-refractivity contribution < 1.29 is 4.84 Å². The van der Waals surface area contributed by atoms with Crippen molar-refractivity contribution in [2.45, 2.75) is 39.8 Å². The molecule has 14 heavy (non-hydrogen) atoms. The van der Waals surface area contributed by atoms with E-state index >= 15 is 0 Å². The van der Waals surface area contributed by atoms with E-state index in [1.165, 1.54) is 0 Å². The van der Waals surface area contributed by atoms with Crippen LogP contribution in [0, 0.1) is 6.92 Å². The van der Waals surface area contributed by atoms with Crippen molar-refractivity contribution in [2.75, 3.05) is 0 Å². The zero-order valence-electron chi connectivity index (χ0n) is 9.29. The third kappa shape index (κ3) is 4.35. The highest BCUT2D eigenvalue weighted by molar-refractivity contribution is 5.12. The molecule has 0 saturated carbocycles. The summed E-state index contributed by atoms with van der Waals surface area (Å²) in [5, 5.41) is 0. The van der Waals surface area contributed by atoms with Crippen molar-refractivity contribution in [3.8, 4) is 0 Å². The quantitative estimate of drug-likeness (QED) is 0.749. The number of nitrogens with one attached hydrogen (secondary N) is 1. The van der Waals surface area contributed by atoms with E-state index in [0.717, 1.165) is 11.3 Å². The molecule has 0 unspecified atom stereocenters. The average molecular weight is 194 g/mol. The molecule has 0 aromatic carbocycles. The molecule has 1 N–H and O–H groups in total. The van der Waals surface area contributed by atoms with Crippen LogP contribution in [0.25, 0.3) is 0 Å². The van der Waals surface area contributed by atoms with Crippen molar-refractivity contribution in [3.63, 3.8) is 0 Å². The van der Waals surface area contributed by atoms with Crippen molar-refractivity contribution in [1.29, 1.82) is 0 Å². The fraction of sp³-hybridized carbons (Fsp3) is 0.545. The molecule has 0 fully saturated rings. The van der Waals surface area contributed by atoms with Crippen molar-refractivity contribution in [3.05, 3.63) is 29.6 Å². The van der Waals surface area contributed by atoms with Crippen LogP contribution in [-0.4, -0.2) is 10.6 Å². The van der Waals surface area contributed by atoms with Crippen LogP contribution in [0.5, 0.6) is 0 Å². The molecule has 3 heteroatoms. The molecule has 0 atom stereocenters. The Labute approximate surface area is 85.5 Å². The molecule has 0 saturated heterocycles. The number of hydroxylamine groups is 1. The summed E-state index contributed by atoms with van der Waals surface area (Å²) in [6.45, 7) is 8.68. The maximum atomic E-state index is 5.39. The first-order valence-corrected chi connectivity index (χ1v) is 4.80. The van der Waals surface area contributed by atoms with Crippen LogP contribution in [0.3, 0.4) is 0 Å². The Balaban J connectivity index is 2.35. The third-order valence-corrected chi connectivity index (χ3v) is 1.63. The molecule has 0 aliphatic rings. The van der Waals surface area contributed by atoms with Gasteiger partial charge in [0.25, 0.3) is 0 Å². The van der Waals surface area contributed by atoms with E-state index in [0.29, 0.717) is 6.54 Å². The fourth-order valence-corrected chi connectivity index (χ4v) is 0.939. The summed E-state index contributed by atoms with van der Waals surface area (Å²) in [6.07, 6.45) is 1.86. The smallest absolute Gasteiger partial charge is 0.0813 e. The maximum Gasteiger partial charge on any atom is 0.0813 e. The first-order chi connectivity index (χ1) is 6.47. The standard InChI is InChI=1S/C11H18N2O/c1-9-5-6-10(7-12-9)8-13-14-11(2,3)4/h5-7,13H,8H2,1-4H3. The lowest BCUT2D eigenvalue weighted by atomic mass is 10.2. The van der Waals surface area contributed by atoms with Gasteiger partial charge in [-0.3, -0.25) is 9.82 Å². The molecule has 1 aromatic rings. The van der Waals surface area contributed by atoms with Gasteiger partial charge in [-0.1, -0.05) is 6.07 Å². The van der Waals surface area contributed by atoms with E-state index in [-0.39, 0.29) is 5.60 Å². The molecule has 3 nitrogen and oxygen atoms in total. The number of hydrogen-bond acceptors (Lipinski definition) is 3. The molecule has 0 bridgehead atoms. The number of aromatic nitrogens is 1. The van der Waals surface area contributed by atoms with E-state index in [1.807, 2.05) is 46.0 Å². The van der Waals surface area contributed by atoms with Gasteiger partial charge in [-0.05, 0) is 39.3 Å². The van der Waals surface area contributed by atoms with Crippen LogP contribution in [0.4, 0.5) is 0 Å². The molecule has 0 amide bonds. The predicted molar refractivity (Wildman–Crippen MR) is 56.7 cm³/mol. The molecule has 0 spiro atoms. The second-order valence-electron chi connectivity index (χ2n) is 4.34. The van der Waals surface area contributed by atoms with Crippen molar-refractivity contribution in [1.82, 2.24) is 10.5 Å². The van der Waals surface area contributed by atoms with Gasteiger partial charge in [-0.25, -0.2) is 0 Å². The first kappa shape index (κ1) is 11.1. The molecule has 0 aliphatic heterocycles. The van der Waals surface area contributed by atoms with Crippen LogP contribution in [0.15, 0.2) is 18.3 Å². The fourth-order valence-electron chi connectivity index (χ4n) is 0.939. The predicted octanol–water partition coefficient (Wildman–Crippen LogP) is 2.21. The summed E-state index contributed by atoms with van der Waals surface area (Å²) < 4.78 is 0. The Morgan fingerprint density at radius 2 is 2.07 bits per heavy atom. The lowest BCUT2D eigenvalue weighted by molar-refractivity contribution is -0.0758. The highest BCUT2D eigenvalue weighted by Crippen LogP contribution is 2.05. The summed E-state index contributed by atoms with van der Waals surface area (Å²) in [7, 11) is 0. The van der Waals surface area contributed by atoms with Crippen LogP contribution in [0.2, 0.25) is 0 Å². The Bertz CT molecular complexity index is 274. The first-order valence-electron chi connectivity index (χ1n) is 4.80. The zero-order valence-corrected chi connectivity index (χ0v) is 9.29. The van der Waals surface area contributed by atoms with Gasteiger partial charge in [-0.2, -0.15) is 5.48 Å². The van der Waals surface area contributed by atoms with Crippen LogP contribution in [0.1, 0.15) is 32.0 Å². The van der Waals surface area contributed by atoms with Gasteiger partial charge in [0.2, 0.25) is 0 Å². The molecular weight excluding hydrogens is 176 g/mol. The SMILES string of the molecule is Cc1ccc(CNOC(C)(C)C)cn1. The lowest BCUT2D eigenvalue weighted by Crippen LogP contribution is -2.28. The van der Waals surface area contributed by atoms with Crippen LogP contribution >= 0.6 is 0 Å². The monoisotopic (exact) mass is 194 g/mol. The molecular formula is C11H18N2O. The molecule has 0 radical (unpaired) electrons. The maximum absolute atomic E-state index is 5.39. The summed E-state index contributed by atoms with van der Waals surface area (Å²) in [6, 6.07) is 4.04. The summed E-state index contributed by atoms with van der Waals surface area (Å²) in [4.78, 5) is 9.58. The number of aryl methyl sites for hydroxylation is 1. The summed E-state index contributed by atoms with van der Waals surface area (Å²) in [5.41, 5.74) is 4.92. The number of rotatable bonds is 3. The van der Waals surface area contributed by atoms with Gasteiger partial charge in [-0.15, -0.1) is 0 Å². The minimum absolute atomic E-state index is 0.155. The second kappa shape index (κ2) is 4.53. The van der Waals surface area contributed by atoms with Gasteiger partial charge in [0, 0.05) is 18.4 Å². The van der Waals surface area contributed by atoms with Gasteiger partial charge in [0.05, 0.1) is 5.60 Å². The summed E-state index contributed by atoms with van der Waals surface area (Å²) >= 11 is 0. The van der Waals surface area contributed by atoms with Crippen LogP contribution < -0.4 is 5.48 Å². The van der Waals surface area contributed by atoms with Crippen molar-refractivity contribution in [2.24, 2.45) is 0 Å². The Kier molecular flexibility index (Phi) is 3.61. The van der Waals surface area contributed by atoms with E-state index in [2.05, 4.69) is 10.5 Å².